The van der Waals surface area contributed by atoms with Crippen molar-refractivity contribution in [3.8, 4) is 11.1 Å². The molecule has 0 unspecified atom stereocenters. The van der Waals surface area contributed by atoms with Gasteiger partial charge in [-0.05, 0) is 35.4 Å². The summed E-state index contributed by atoms with van der Waals surface area (Å²) in [4.78, 5) is 13.1. The molecule has 1 fully saturated rings. The van der Waals surface area contributed by atoms with E-state index in [1.807, 2.05) is 12.1 Å². The van der Waals surface area contributed by atoms with Crippen molar-refractivity contribution < 1.29 is 8.78 Å². The third-order valence-corrected chi connectivity index (χ3v) is 4.98. The first kappa shape index (κ1) is 18.3. The molecule has 0 aliphatic carbocycles. The Labute approximate surface area is 162 Å². The van der Waals surface area contributed by atoms with Gasteiger partial charge in [0.25, 0.3) is 0 Å². The molecular weight excluding hydrogens is 360 g/mol. The van der Waals surface area contributed by atoms with E-state index in [1.54, 1.807) is 12.1 Å². The van der Waals surface area contributed by atoms with Crippen molar-refractivity contribution in [2.24, 2.45) is 0 Å². The molecule has 4 rings (SSSR count). The lowest BCUT2D eigenvalue weighted by Crippen LogP contribution is -2.46. The fourth-order valence-electron chi connectivity index (χ4n) is 3.49. The number of nitrogens with two attached hydrogens (primary N) is 1. The number of benzene rings is 2. The lowest BCUT2D eigenvalue weighted by molar-refractivity contribution is 0.249. The molecule has 2 aromatic carbocycles. The Bertz CT molecular complexity index is 936. The van der Waals surface area contributed by atoms with Gasteiger partial charge in [-0.2, -0.15) is 0 Å². The Hall–Kier alpha value is -3.06. The number of rotatable bonds is 4. The van der Waals surface area contributed by atoms with Crippen LogP contribution >= 0.6 is 0 Å². The Balaban J connectivity index is 1.49. The van der Waals surface area contributed by atoms with Gasteiger partial charge < -0.3 is 10.6 Å². The molecule has 7 heteroatoms. The zero-order chi connectivity index (χ0) is 19.5. The average Bonchev–Trinajstić information content (AvgIpc) is 2.71. The summed E-state index contributed by atoms with van der Waals surface area (Å²) in [5.41, 5.74) is 8.74. The summed E-state index contributed by atoms with van der Waals surface area (Å²) in [6.07, 6.45) is 1.46. The quantitative estimate of drug-likeness (QED) is 0.751. The smallest absolute Gasteiger partial charge is 0.142 e. The van der Waals surface area contributed by atoms with E-state index in [0.717, 1.165) is 55.2 Å². The number of hydrogen-bond donors (Lipinski definition) is 1. The van der Waals surface area contributed by atoms with E-state index in [4.69, 9.17) is 5.73 Å². The minimum atomic E-state index is -0.296. The number of anilines is 2. The summed E-state index contributed by atoms with van der Waals surface area (Å²) in [6, 6.07) is 12.8. The van der Waals surface area contributed by atoms with Gasteiger partial charge in [0.05, 0.1) is 5.56 Å². The van der Waals surface area contributed by atoms with Crippen molar-refractivity contribution >= 4 is 11.6 Å². The monoisotopic (exact) mass is 381 g/mol. The molecule has 0 atom stereocenters. The number of hydrogen-bond acceptors (Lipinski definition) is 5. The predicted molar refractivity (Wildman–Crippen MR) is 106 cm³/mol. The van der Waals surface area contributed by atoms with Crippen molar-refractivity contribution in [2.45, 2.75) is 6.54 Å². The topological polar surface area (TPSA) is 58.3 Å². The summed E-state index contributed by atoms with van der Waals surface area (Å²) in [5.74, 6) is 0.629. The van der Waals surface area contributed by atoms with Crippen molar-refractivity contribution in [1.29, 1.82) is 0 Å². The van der Waals surface area contributed by atoms with Crippen LogP contribution in [0.1, 0.15) is 5.56 Å². The molecule has 0 bridgehead atoms. The maximum Gasteiger partial charge on any atom is 0.142 e. The van der Waals surface area contributed by atoms with Crippen LogP contribution in [0.15, 0.2) is 54.9 Å². The number of piperazine rings is 1. The van der Waals surface area contributed by atoms with Gasteiger partial charge in [-0.25, -0.2) is 18.7 Å². The van der Waals surface area contributed by atoms with Crippen LogP contribution in [0.4, 0.5) is 20.4 Å². The molecule has 28 heavy (non-hydrogen) atoms. The SMILES string of the molecule is Nc1ncnc(N2CCN(Cc3ccc(F)cc3)CC2)c1-c1ccc(F)cc1. The Morgan fingerprint density at radius 3 is 2.07 bits per heavy atom. The van der Waals surface area contributed by atoms with E-state index in [1.165, 1.54) is 30.6 Å². The first-order valence-electron chi connectivity index (χ1n) is 9.18. The molecular formula is C21H21F2N5. The average molecular weight is 381 g/mol. The third kappa shape index (κ3) is 3.94. The van der Waals surface area contributed by atoms with Gasteiger partial charge in [0.15, 0.2) is 0 Å². The Morgan fingerprint density at radius 2 is 1.43 bits per heavy atom. The fourth-order valence-corrected chi connectivity index (χ4v) is 3.49. The highest BCUT2D eigenvalue weighted by atomic mass is 19.1. The second-order valence-electron chi connectivity index (χ2n) is 6.85. The van der Waals surface area contributed by atoms with Gasteiger partial charge >= 0.3 is 0 Å². The maximum atomic E-state index is 13.3. The van der Waals surface area contributed by atoms with Crippen LogP contribution in [0.2, 0.25) is 0 Å². The van der Waals surface area contributed by atoms with Gasteiger partial charge in [-0.3, -0.25) is 4.90 Å². The lowest BCUT2D eigenvalue weighted by atomic mass is 10.1. The summed E-state index contributed by atoms with van der Waals surface area (Å²) < 4.78 is 26.4. The van der Waals surface area contributed by atoms with Crippen LogP contribution in [0.25, 0.3) is 11.1 Å². The molecule has 0 amide bonds. The molecule has 1 aliphatic rings. The standard InChI is InChI=1S/C21H21F2N5/c22-17-5-1-15(2-6-17)13-27-9-11-28(12-10-27)21-19(20(24)25-14-26-21)16-3-7-18(23)8-4-16/h1-8,14H,9-13H2,(H2,24,25,26). The van der Waals surface area contributed by atoms with Gasteiger partial charge in [0.2, 0.25) is 0 Å². The van der Waals surface area contributed by atoms with Crippen LogP contribution in [0.5, 0.6) is 0 Å². The van der Waals surface area contributed by atoms with E-state index < -0.39 is 0 Å². The number of aromatic nitrogens is 2. The number of nitrogens with zero attached hydrogens (tertiary/aromatic N) is 4. The van der Waals surface area contributed by atoms with E-state index in [2.05, 4.69) is 19.8 Å². The zero-order valence-electron chi connectivity index (χ0n) is 15.4. The highest BCUT2D eigenvalue weighted by Gasteiger charge is 2.22. The molecule has 2 heterocycles. The van der Waals surface area contributed by atoms with Crippen LogP contribution in [0.3, 0.4) is 0 Å². The molecule has 1 saturated heterocycles. The van der Waals surface area contributed by atoms with Crippen molar-refractivity contribution in [3.05, 3.63) is 72.1 Å². The Kier molecular flexibility index (Phi) is 5.16. The normalized spacial score (nSPS) is 15.0. The third-order valence-electron chi connectivity index (χ3n) is 4.98. The van der Waals surface area contributed by atoms with Crippen LogP contribution in [-0.2, 0) is 6.54 Å². The van der Waals surface area contributed by atoms with E-state index >= 15 is 0 Å². The molecule has 3 aromatic rings. The van der Waals surface area contributed by atoms with Crippen molar-refractivity contribution in [2.75, 3.05) is 36.8 Å². The number of nitrogen functional groups attached to an aromatic ring is 1. The van der Waals surface area contributed by atoms with Crippen LogP contribution in [-0.4, -0.2) is 41.0 Å². The Morgan fingerprint density at radius 1 is 0.821 bits per heavy atom. The molecule has 0 radical (unpaired) electrons. The summed E-state index contributed by atoms with van der Waals surface area (Å²) >= 11 is 0. The van der Waals surface area contributed by atoms with E-state index in [-0.39, 0.29) is 11.6 Å². The molecule has 1 aliphatic heterocycles. The highest BCUT2D eigenvalue weighted by Crippen LogP contribution is 2.33. The first-order valence-corrected chi connectivity index (χ1v) is 9.18. The fraction of sp³-hybridized carbons (Fsp3) is 0.238. The minimum absolute atomic E-state index is 0.219. The minimum Gasteiger partial charge on any atom is -0.383 e. The summed E-state index contributed by atoms with van der Waals surface area (Å²) in [5, 5.41) is 0. The molecule has 2 N–H and O–H groups in total. The summed E-state index contributed by atoms with van der Waals surface area (Å²) in [6.45, 7) is 4.05. The molecule has 144 valence electrons. The number of halogens is 2. The first-order chi connectivity index (χ1) is 13.6. The van der Waals surface area contributed by atoms with Crippen LogP contribution in [0, 0.1) is 11.6 Å². The predicted octanol–water partition coefficient (Wildman–Crippen LogP) is 3.33. The second-order valence-corrected chi connectivity index (χ2v) is 6.85. The molecule has 5 nitrogen and oxygen atoms in total. The van der Waals surface area contributed by atoms with E-state index in [9.17, 15) is 8.78 Å². The van der Waals surface area contributed by atoms with E-state index in [0.29, 0.717) is 5.82 Å². The zero-order valence-corrected chi connectivity index (χ0v) is 15.4. The second kappa shape index (κ2) is 7.90. The van der Waals surface area contributed by atoms with Crippen LogP contribution < -0.4 is 10.6 Å². The summed E-state index contributed by atoms with van der Waals surface area (Å²) in [7, 11) is 0. The highest BCUT2D eigenvalue weighted by molar-refractivity contribution is 5.84. The van der Waals surface area contributed by atoms with Gasteiger partial charge in [0.1, 0.15) is 29.6 Å². The van der Waals surface area contributed by atoms with Crippen molar-refractivity contribution in [3.63, 3.8) is 0 Å². The van der Waals surface area contributed by atoms with Gasteiger partial charge in [0, 0.05) is 32.7 Å². The lowest BCUT2D eigenvalue weighted by Gasteiger charge is -2.36. The molecule has 1 aromatic heterocycles. The van der Waals surface area contributed by atoms with Gasteiger partial charge in [-0.15, -0.1) is 0 Å². The maximum absolute atomic E-state index is 13.3. The van der Waals surface area contributed by atoms with Gasteiger partial charge in [-0.1, -0.05) is 24.3 Å². The molecule has 0 saturated carbocycles. The molecule has 0 spiro atoms. The van der Waals surface area contributed by atoms with Crippen molar-refractivity contribution in [1.82, 2.24) is 14.9 Å². The largest absolute Gasteiger partial charge is 0.383 e.